The quantitative estimate of drug-likeness (QED) is 0.838. The van der Waals surface area contributed by atoms with Gasteiger partial charge in [0.2, 0.25) is 0 Å². The van der Waals surface area contributed by atoms with E-state index in [1.807, 2.05) is 0 Å². The Balaban J connectivity index is 2.09. The van der Waals surface area contributed by atoms with Gasteiger partial charge < -0.3 is 20.1 Å². The summed E-state index contributed by atoms with van der Waals surface area (Å²) in [5.74, 6) is 0.420. The Morgan fingerprint density at radius 3 is 3.00 bits per heavy atom. The van der Waals surface area contributed by atoms with Gasteiger partial charge in [0, 0.05) is 20.2 Å². The Morgan fingerprint density at radius 2 is 2.37 bits per heavy atom. The molecule has 2 N–H and O–H groups in total. The number of nitrogens with two attached hydrogens (primary N) is 1. The van der Waals surface area contributed by atoms with E-state index in [4.69, 9.17) is 15.2 Å². The van der Waals surface area contributed by atoms with Gasteiger partial charge >= 0.3 is 0 Å². The number of nitrogens with zero attached hydrogens (tertiary/aromatic N) is 1. The van der Waals surface area contributed by atoms with Crippen LogP contribution in [0.5, 0.6) is 5.75 Å². The summed E-state index contributed by atoms with van der Waals surface area (Å²) < 4.78 is 10.7. The molecule has 0 aromatic heterocycles. The van der Waals surface area contributed by atoms with Crippen LogP contribution in [0.15, 0.2) is 18.2 Å². The highest BCUT2D eigenvalue weighted by Crippen LogP contribution is 2.26. The largest absolute Gasteiger partial charge is 0.495 e. The second-order valence-corrected chi connectivity index (χ2v) is 4.74. The summed E-state index contributed by atoms with van der Waals surface area (Å²) in [7, 11) is 3.30. The Kier molecular flexibility index (Phi) is 4.27. The maximum atomic E-state index is 12.4. The molecule has 2 rings (SSSR count). The number of carbonyl (C=O) groups is 1. The molecular formula is C14H20N2O3. The first-order valence-electron chi connectivity index (χ1n) is 6.43. The predicted octanol–water partition coefficient (Wildman–Crippen LogP) is 1.53. The summed E-state index contributed by atoms with van der Waals surface area (Å²) >= 11 is 0. The molecule has 0 bridgehead atoms. The minimum atomic E-state index is -0.105. The van der Waals surface area contributed by atoms with E-state index in [0.717, 1.165) is 19.4 Å². The van der Waals surface area contributed by atoms with Crippen molar-refractivity contribution in [2.24, 2.45) is 0 Å². The van der Waals surface area contributed by atoms with Crippen molar-refractivity contribution in [3.8, 4) is 5.75 Å². The Morgan fingerprint density at radius 1 is 1.58 bits per heavy atom. The number of hydrogen-bond acceptors (Lipinski definition) is 4. The first-order chi connectivity index (χ1) is 9.13. The van der Waals surface area contributed by atoms with Crippen LogP contribution in [-0.2, 0) is 4.74 Å². The van der Waals surface area contributed by atoms with Crippen molar-refractivity contribution in [2.75, 3.05) is 33.0 Å². The van der Waals surface area contributed by atoms with Gasteiger partial charge in [-0.25, -0.2) is 0 Å². The van der Waals surface area contributed by atoms with Crippen molar-refractivity contribution in [3.05, 3.63) is 23.8 Å². The zero-order chi connectivity index (χ0) is 13.8. The SMILES string of the molecule is COc1cccc(C(=O)N(C)CC2CCCO2)c1N. The molecule has 1 aliphatic rings. The highest BCUT2D eigenvalue weighted by Gasteiger charge is 2.22. The second kappa shape index (κ2) is 5.93. The molecule has 0 saturated carbocycles. The van der Waals surface area contributed by atoms with Crippen molar-refractivity contribution >= 4 is 11.6 Å². The average Bonchev–Trinajstić information content (AvgIpc) is 2.91. The maximum Gasteiger partial charge on any atom is 0.255 e. The molecule has 0 radical (unpaired) electrons. The van der Waals surface area contributed by atoms with E-state index < -0.39 is 0 Å². The van der Waals surface area contributed by atoms with Gasteiger partial charge in [-0.1, -0.05) is 6.07 Å². The molecule has 1 saturated heterocycles. The van der Waals surface area contributed by atoms with Crippen LogP contribution in [0, 0.1) is 0 Å². The van der Waals surface area contributed by atoms with Gasteiger partial charge in [-0.05, 0) is 25.0 Å². The molecule has 1 amide bonds. The third kappa shape index (κ3) is 2.98. The van der Waals surface area contributed by atoms with Crippen LogP contribution in [0.25, 0.3) is 0 Å². The molecule has 0 spiro atoms. The molecule has 5 nitrogen and oxygen atoms in total. The number of rotatable bonds is 4. The number of anilines is 1. The lowest BCUT2D eigenvalue weighted by Crippen LogP contribution is -2.34. The van der Waals surface area contributed by atoms with Gasteiger partial charge in [0.1, 0.15) is 5.75 Å². The van der Waals surface area contributed by atoms with Crippen molar-refractivity contribution in [1.29, 1.82) is 0 Å². The molecule has 104 valence electrons. The highest BCUT2D eigenvalue weighted by atomic mass is 16.5. The third-order valence-electron chi connectivity index (χ3n) is 3.36. The van der Waals surface area contributed by atoms with Crippen LogP contribution in [0.2, 0.25) is 0 Å². The Labute approximate surface area is 113 Å². The van der Waals surface area contributed by atoms with E-state index in [-0.39, 0.29) is 12.0 Å². The maximum absolute atomic E-state index is 12.4. The number of nitrogen functional groups attached to an aromatic ring is 1. The predicted molar refractivity (Wildman–Crippen MR) is 73.3 cm³/mol. The summed E-state index contributed by atoms with van der Waals surface area (Å²) in [6.45, 7) is 1.38. The average molecular weight is 264 g/mol. The number of ether oxygens (including phenoxy) is 2. The molecule has 1 fully saturated rings. The molecule has 0 aliphatic carbocycles. The van der Waals surface area contributed by atoms with Gasteiger partial charge in [-0.2, -0.15) is 0 Å². The minimum Gasteiger partial charge on any atom is -0.495 e. The normalized spacial score (nSPS) is 18.3. The highest BCUT2D eigenvalue weighted by molar-refractivity contribution is 6.00. The number of hydrogen-bond donors (Lipinski definition) is 1. The number of amides is 1. The van der Waals surface area contributed by atoms with Crippen LogP contribution in [0.3, 0.4) is 0 Å². The van der Waals surface area contributed by atoms with Crippen LogP contribution in [0.1, 0.15) is 23.2 Å². The van der Waals surface area contributed by atoms with E-state index in [2.05, 4.69) is 0 Å². The van der Waals surface area contributed by atoms with E-state index in [0.29, 0.717) is 23.5 Å². The molecule has 19 heavy (non-hydrogen) atoms. The summed E-state index contributed by atoms with van der Waals surface area (Å²) in [5, 5.41) is 0. The van der Waals surface area contributed by atoms with Gasteiger partial charge in [0.25, 0.3) is 5.91 Å². The molecule has 5 heteroatoms. The fourth-order valence-electron chi connectivity index (χ4n) is 2.29. The number of benzene rings is 1. The lowest BCUT2D eigenvalue weighted by atomic mass is 10.1. The zero-order valence-corrected chi connectivity index (χ0v) is 11.4. The number of para-hydroxylation sites is 1. The standard InChI is InChI=1S/C14H20N2O3/c1-16(9-10-5-4-8-19-10)14(17)11-6-3-7-12(18-2)13(11)15/h3,6-7,10H,4-5,8-9,15H2,1-2H3. The second-order valence-electron chi connectivity index (χ2n) is 4.74. The molecule has 1 aromatic carbocycles. The van der Waals surface area contributed by atoms with Gasteiger partial charge in [0.15, 0.2) is 0 Å². The lowest BCUT2D eigenvalue weighted by molar-refractivity contribution is 0.0587. The van der Waals surface area contributed by atoms with Crippen molar-refractivity contribution < 1.29 is 14.3 Å². The summed E-state index contributed by atoms with van der Waals surface area (Å²) in [5.41, 5.74) is 6.79. The molecule has 1 atom stereocenters. The fourth-order valence-corrected chi connectivity index (χ4v) is 2.29. The minimum absolute atomic E-state index is 0.105. The molecule has 1 heterocycles. The lowest BCUT2D eigenvalue weighted by Gasteiger charge is -2.22. The summed E-state index contributed by atoms with van der Waals surface area (Å²) in [4.78, 5) is 14.0. The third-order valence-corrected chi connectivity index (χ3v) is 3.36. The monoisotopic (exact) mass is 264 g/mol. The number of methoxy groups -OCH3 is 1. The first-order valence-corrected chi connectivity index (χ1v) is 6.43. The van der Waals surface area contributed by atoms with E-state index in [1.54, 1.807) is 30.1 Å². The van der Waals surface area contributed by atoms with Gasteiger partial charge in [0.05, 0.1) is 24.5 Å². The van der Waals surface area contributed by atoms with E-state index in [1.165, 1.54) is 7.11 Å². The van der Waals surface area contributed by atoms with Gasteiger partial charge in [-0.3, -0.25) is 4.79 Å². The number of carbonyl (C=O) groups excluding carboxylic acids is 1. The first kappa shape index (κ1) is 13.7. The zero-order valence-electron chi connectivity index (χ0n) is 11.4. The van der Waals surface area contributed by atoms with Crippen LogP contribution >= 0.6 is 0 Å². The molecule has 1 unspecified atom stereocenters. The van der Waals surface area contributed by atoms with Crippen LogP contribution < -0.4 is 10.5 Å². The van der Waals surface area contributed by atoms with Crippen LogP contribution in [-0.4, -0.2) is 44.2 Å². The van der Waals surface area contributed by atoms with Crippen molar-refractivity contribution in [2.45, 2.75) is 18.9 Å². The fraction of sp³-hybridized carbons (Fsp3) is 0.500. The summed E-state index contributed by atoms with van der Waals surface area (Å²) in [6, 6.07) is 5.22. The van der Waals surface area contributed by atoms with Crippen molar-refractivity contribution in [3.63, 3.8) is 0 Å². The van der Waals surface area contributed by atoms with E-state index >= 15 is 0 Å². The Bertz CT molecular complexity index is 456. The summed E-state index contributed by atoms with van der Waals surface area (Å²) in [6.07, 6.45) is 2.21. The molecule has 1 aliphatic heterocycles. The number of likely N-dealkylation sites (N-methyl/N-ethyl adjacent to an activating group) is 1. The topological polar surface area (TPSA) is 64.8 Å². The van der Waals surface area contributed by atoms with Crippen molar-refractivity contribution in [1.82, 2.24) is 4.90 Å². The molecular weight excluding hydrogens is 244 g/mol. The van der Waals surface area contributed by atoms with Crippen LogP contribution in [0.4, 0.5) is 5.69 Å². The van der Waals surface area contributed by atoms with E-state index in [9.17, 15) is 4.79 Å². The molecule has 1 aromatic rings. The Hall–Kier alpha value is -1.75. The smallest absolute Gasteiger partial charge is 0.255 e. The van der Waals surface area contributed by atoms with Gasteiger partial charge in [-0.15, -0.1) is 0 Å².